The largest absolute Gasteiger partial charge is 1.00 e. The van der Waals surface area contributed by atoms with Gasteiger partial charge in [-0.1, -0.05) is 12.1 Å². The summed E-state index contributed by atoms with van der Waals surface area (Å²) in [7, 11) is 0. The summed E-state index contributed by atoms with van der Waals surface area (Å²) < 4.78 is 5.10. The Hall–Kier alpha value is -1.32. The van der Waals surface area contributed by atoms with E-state index in [1.807, 2.05) is 25.1 Å². The first-order chi connectivity index (χ1) is 6.70. The molecule has 3 nitrogen and oxygen atoms in total. The summed E-state index contributed by atoms with van der Waals surface area (Å²) in [6, 6.07) is 7.34. The smallest absolute Gasteiger partial charge is 0.336 e. The van der Waals surface area contributed by atoms with Gasteiger partial charge in [0.2, 0.25) is 0 Å². The monoisotopic (exact) mass is 225 g/mol. The molecule has 0 bridgehead atoms. The molecule has 0 aliphatic heterocycles. The van der Waals surface area contributed by atoms with E-state index in [2.05, 4.69) is 5.73 Å². The molecule has 4 heteroatoms. The molecular weight excluding hydrogens is 214 g/mol. The van der Waals surface area contributed by atoms with Gasteiger partial charge in [-0.05, 0) is 18.6 Å². The third-order valence-corrected chi connectivity index (χ3v) is 2.26. The Morgan fingerprint density at radius 1 is 1.33 bits per heavy atom. The van der Waals surface area contributed by atoms with E-state index >= 15 is 0 Å². The van der Waals surface area contributed by atoms with Crippen LogP contribution in [0.1, 0.15) is 11.1 Å². The van der Waals surface area contributed by atoms with Crippen LogP contribution in [0.25, 0.3) is 11.0 Å². The summed E-state index contributed by atoms with van der Waals surface area (Å²) in [5.74, 6) is 0. The predicted molar refractivity (Wildman–Crippen MR) is 53.8 cm³/mol. The lowest BCUT2D eigenvalue weighted by atomic mass is 10.1. The van der Waals surface area contributed by atoms with Crippen LogP contribution in [-0.4, -0.2) is 0 Å². The third kappa shape index (κ3) is 2.19. The van der Waals surface area contributed by atoms with Gasteiger partial charge >= 0.3 is 5.63 Å². The minimum absolute atomic E-state index is 0. The zero-order chi connectivity index (χ0) is 10.1. The molecule has 0 amide bonds. The van der Waals surface area contributed by atoms with E-state index < -0.39 is 0 Å². The summed E-state index contributed by atoms with van der Waals surface area (Å²) in [6.07, 6.45) is 0. The van der Waals surface area contributed by atoms with E-state index in [0.717, 1.165) is 16.5 Å². The Bertz CT molecular complexity index is 534. The van der Waals surface area contributed by atoms with Crippen LogP contribution in [0.2, 0.25) is 0 Å². The van der Waals surface area contributed by atoms with Gasteiger partial charge in [0.15, 0.2) is 0 Å². The van der Waals surface area contributed by atoms with Crippen molar-refractivity contribution in [1.82, 2.24) is 0 Å². The number of benzene rings is 1. The molecule has 0 radical (unpaired) electrons. The molecule has 0 saturated carbocycles. The van der Waals surface area contributed by atoms with Crippen LogP contribution in [0.15, 0.2) is 33.5 Å². The van der Waals surface area contributed by atoms with E-state index in [1.54, 1.807) is 0 Å². The maximum atomic E-state index is 11.2. The minimum atomic E-state index is -0.304. The van der Waals surface area contributed by atoms with Crippen molar-refractivity contribution < 1.29 is 22.6 Å². The summed E-state index contributed by atoms with van der Waals surface area (Å²) in [4.78, 5) is 11.2. The van der Waals surface area contributed by atoms with Crippen LogP contribution in [0, 0.1) is 6.92 Å². The van der Waals surface area contributed by atoms with Gasteiger partial charge in [0.1, 0.15) is 12.1 Å². The Balaban J connectivity index is 0.00000112. The highest BCUT2D eigenvalue weighted by atomic mass is 35.5. The lowest BCUT2D eigenvalue weighted by Gasteiger charge is -2.01. The number of quaternary nitrogens is 1. The second-order valence-electron chi connectivity index (χ2n) is 3.34. The van der Waals surface area contributed by atoms with Crippen molar-refractivity contribution in [3.63, 3.8) is 0 Å². The van der Waals surface area contributed by atoms with Gasteiger partial charge in [0, 0.05) is 17.0 Å². The number of hydrogen-bond donors (Lipinski definition) is 1. The minimum Gasteiger partial charge on any atom is -1.00 e. The molecule has 2 rings (SSSR count). The Labute approximate surface area is 93.3 Å². The lowest BCUT2D eigenvalue weighted by molar-refractivity contribution is -0.386. The summed E-state index contributed by atoms with van der Waals surface area (Å²) in [5.41, 5.74) is 6.16. The fraction of sp³-hybridized carbons (Fsp3) is 0.182. The first-order valence-corrected chi connectivity index (χ1v) is 4.53. The first kappa shape index (κ1) is 11.8. The van der Waals surface area contributed by atoms with Crippen molar-refractivity contribution >= 4 is 11.0 Å². The van der Waals surface area contributed by atoms with E-state index in [1.165, 1.54) is 6.07 Å². The molecule has 0 unspecified atom stereocenters. The summed E-state index contributed by atoms with van der Waals surface area (Å²) in [5, 5.41) is 0.977. The molecule has 0 spiro atoms. The van der Waals surface area contributed by atoms with Gasteiger partial charge in [0.25, 0.3) is 0 Å². The molecule has 0 atom stereocenters. The molecule has 1 heterocycles. The highest BCUT2D eigenvalue weighted by Gasteiger charge is 2.04. The van der Waals surface area contributed by atoms with E-state index in [-0.39, 0.29) is 18.0 Å². The standard InChI is InChI=1S/C11H11NO2.ClH/c1-7-2-3-9-8(6-12)5-11(13)14-10(9)4-7;/h2-5H,6,12H2,1H3;1H. The van der Waals surface area contributed by atoms with Crippen LogP contribution in [0.3, 0.4) is 0 Å². The van der Waals surface area contributed by atoms with Gasteiger partial charge in [-0.3, -0.25) is 0 Å². The molecule has 3 N–H and O–H groups in total. The normalized spacial score (nSPS) is 10.0. The second-order valence-corrected chi connectivity index (χ2v) is 3.34. The van der Waals surface area contributed by atoms with Crippen molar-refractivity contribution in [2.45, 2.75) is 13.5 Å². The number of rotatable bonds is 1. The predicted octanol–water partition coefficient (Wildman–Crippen LogP) is -2.15. The third-order valence-electron chi connectivity index (χ3n) is 2.26. The van der Waals surface area contributed by atoms with Crippen LogP contribution in [0.5, 0.6) is 0 Å². The molecule has 0 fully saturated rings. The van der Waals surface area contributed by atoms with Gasteiger partial charge in [0.05, 0.1) is 0 Å². The molecule has 1 aromatic heterocycles. The van der Waals surface area contributed by atoms with Gasteiger partial charge in [-0.2, -0.15) is 0 Å². The van der Waals surface area contributed by atoms with E-state index in [0.29, 0.717) is 12.1 Å². The number of aryl methyl sites for hydroxylation is 1. The molecule has 0 aliphatic rings. The van der Waals surface area contributed by atoms with Crippen LogP contribution in [0.4, 0.5) is 0 Å². The Morgan fingerprint density at radius 2 is 2.07 bits per heavy atom. The summed E-state index contributed by atoms with van der Waals surface area (Å²) in [6.45, 7) is 2.57. The highest BCUT2D eigenvalue weighted by Crippen LogP contribution is 2.17. The van der Waals surface area contributed by atoms with Crippen LogP contribution < -0.4 is 23.8 Å². The maximum absolute atomic E-state index is 11.2. The average molecular weight is 226 g/mol. The van der Waals surface area contributed by atoms with E-state index in [9.17, 15) is 4.79 Å². The molecule has 1 aromatic carbocycles. The Kier molecular flexibility index (Phi) is 3.50. The fourth-order valence-corrected chi connectivity index (χ4v) is 1.54. The van der Waals surface area contributed by atoms with Crippen molar-refractivity contribution in [2.75, 3.05) is 0 Å². The fourth-order valence-electron chi connectivity index (χ4n) is 1.54. The first-order valence-electron chi connectivity index (χ1n) is 4.53. The zero-order valence-electron chi connectivity index (χ0n) is 8.42. The average Bonchev–Trinajstić information content (AvgIpc) is 2.15. The van der Waals surface area contributed by atoms with Gasteiger partial charge in [-0.25, -0.2) is 4.79 Å². The molecule has 2 aromatic rings. The van der Waals surface area contributed by atoms with Crippen molar-refractivity contribution in [3.8, 4) is 0 Å². The highest BCUT2D eigenvalue weighted by molar-refractivity contribution is 5.80. The number of halogens is 1. The molecule has 80 valence electrons. The topological polar surface area (TPSA) is 57.9 Å². The van der Waals surface area contributed by atoms with Crippen LogP contribution >= 0.6 is 0 Å². The van der Waals surface area contributed by atoms with Gasteiger partial charge in [-0.15, -0.1) is 0 Å². The van der Waals surface area contributed by atoms with Crippen molar-refractivity contribution in [1.29, 1.82) is 0 Å². The summed E-state index contributed by atoms with van der Waals surface area (Å²) >= 11 is 0. The molecule has 0 aliphatic carbocycles. The number of hydrogen-bond acceptors (Lipinski definition) is 2. The number of fused-ring (bicyclic) bond motifs is 1. The SMILES string of the molecule is Cc1ccc2c(C[NH3+])cc(=O)oc2c1.[Cl-]. The maximum Gasteiger partial charge on any atom is 0.336 e. The lowest BCUT2D eigenvalue weighted by Crippen LogP contribution is -3.00. The van der Waals surface area contributed by atoms with Crippen molar-refractivity contribution in [2.24, 2.45) is 0 Å². The molecule has 0 saturated heterocycles. The quantitative estimate of drug-likeness (QED) is 0.563. The molecular formula is C11H12ClNO2. The van der Waals surface area contributed by atoms with E-state index in [4.69, 9.17) is 4.42 Å². The molecule has 15 heavy (non-hydrogen) atoms. The van der Waals surface area contributed by atoms with Crippen molar-refractivity contribution in [3.05, 3.63) is 45.8 Å². The zero-order valence-corrected chi connectivity index (χ0v) is 9.17. The van der Waals surface area contributed by atoms with Crippen LogP contribution in [-0.2, 0) is 6.54 Å². The van der Waals surface area contributed by atoms with Gasteiger partial charge < -0.3 is 22.6 Å². The second kappa shape index (κ2) is 4.47. The Morgan fingerprint density at radius 3 is 2.73 bits per heavy atom.